The highest BCUT2D eigenvalue weighted by Crippen LogP contribution is 2.46. The fourth-order valence-electron chi connectivity index (χ4n) is 4.22. The van der Waals surface area contributed by atoms with E-state index in [1.807, 2.05) is 18.2 Å². The molecular weight excluding hydrogens is 439 g/mol. The number of methoxy groups -OCH3 is 1. The zero-order valence-corrected chi connectivity index (χ0v) is 18.5. The highest BCUT2D eigenvalue weighted by atomic mass is 35.5. The van der Waals surface area contributed by atoms with Crippen molar-refractivity contribution in [3.63, 3.8) is 0 Å². The van der Waals surface area contributed by atoms with Gasteiger partial charge in [-0.3, -0.25) is 4.90 Å². The first-order chi connectivity index (χ1) is 15.1. The quantitative estimate of drug-likeness (QED) is 0.614. The molecule has 0 aliphatic carbocycles. The van der Waals surface area contributed by atoms with Crippen LogP contribution in [0, 0.1) is 0 Å². The van der Waals surface area contributed by atoms with Crippen LogP contribution in [0.4, 0.5) is 5.82 Å². The van der Waals surface area contributed by atoms with Gasteiger partial charge >= 0.3 is 0 Å². The maximum absolute atomic E-state index is 6.61. The summed E-state index contributed by atoms with van der Waals surface area (Å²) in [5.74, 6) is 1.50. The second kappa shape index (κ2) is 8.31. The summed E-state index contributed by atoms with van der Waals surface area (Å²) < 4.78 is 17.5. The van der Waals surface area contributed by atoms with Crippen molar-refractivity contribution in [3.05, 3.63) is 40.6 Å². The van der Waals surface area contributed by atoms with Gasteiger partial charge in [0, 0.05) is 24.7 Å². The minimum Gasteiger partial charge on any atom is -0.496 e. The highest BCUT2D eigenvalue weighted by molar-refractivity contribution is 6.44. The van der Waals surface area contributed by atoms with Crippen LogP contribution in [0.5, 0.6) is 11.5 Å². The molecule has 1 atom stereocenters. The third-order valence-corrected chi connectivity index (χ3v) is 6.74. The molecule has 0 amide bonds. The van der Waals surface area contributed by atoms with E-state index in [1.54, 1.807) is 13.2 Å². The van der Waals surface area contributed by atoms with Gasteiger partial charge in [-0.25, -0.2) is 9.97 Å². The zero-order valence-electron chi connectivity index (χ0n) is 17.0. The van der Waals surface area contributed by atoms with Gasteiger partial charge in [-0.05, 0) is 12.5 Å². The van der Waals surface area contributed by atoms with E-state index in [4.69, 9.17) is 43.1 Å². The summed E-state index contributed by atoms with van der Waals surface area (Å²) in [6.07, 6.45) is 2.38. The molecule has 0 bridgehead atoms. The van der Waals surface area contributed by atoms with Gasteiger partial charge in [-0.15, -0.1) is 0 Å². The van der Waals surface area contributed by atoms with Crippen molar-refractivity contribution in [1.29, 1.82) is 0 Å². The molecule has 5 rings (SSSR count). The van der Waals surface area contributed by atoms with Gasteiger partial charge in [0.1, 0.15) is 29.7 Å². The van der Waals surface area contributed by atoms with Crippen LogP contribution in [0.1, 0.15) is 6.42 Å². The number of benzene rings is 2. The molecular formula is C22H22Cl2N4O3. The van der Waals surface area contributed by atoms with Gasteiger partial charge in [0.05, 0.1) is 52.9 Å². The Morgan fingerprint density at radius 3 is 2.77 bits per heavy atom. The lowest BCUT2D eigenvalue weighted by Gasteiger charge is -2.34. The first-order valence-electron chi connectivity index (χ1n) is 10.1. The van der Waals surface area contributed by atoms with Crippen molar-refractivity contribution in [2.24, 2.45) is 0 Å². The molecule has 162 valence electrons. The van der Waals surface area contributed by atoms with Crippen LogP contribution >= 0.6 is 23.2 Å². The Morgan fingerprint density at radius 1 is 1.19 bits per heavy atom. The number of rotatable bonds is 5. The van der Waals surface area contributed by atoms with Crippen LogP contribution in [-0.4, -0.2) is 60.4 Å². The van der Waals surface area contributed by atoms with E-state index in [2.05, 4.69) is 14.9 Å². The molecule has 0 unspecified atom stereocenters. The first-order valence-corrected chi connectivity index (χ1v) is 10.9. The van der Waals surface area contributed by atoms with E-state index in [-0.39, 0.29) is 6.10 Å². The lowest BCUT2D eigenvalue weighted by atomic mass is 10.00. The van der Waals surface area contributed by atoms with E-state index in [0.717, 1.165) is 43.9 Å². The molecule has 9 heteroatoms. The fraction of sp³-hybridized carbons (Fsp3) is 0.364. The van der Waals surface area contributed by atoms with E-state index in [9.17, 15) is 0 Å². The monoisotopic (exact) mass is 460 g/mol. The molecule has 2 fully saturated rings. The predicted molar refractivity (Wildman–Crippen MR) is 121 cm³/mol. The summed E-state index contributed by atoms with van der Waals surface area (Å²) >= 11 is 12.9. The van der Waals surface area contributed by atoms with Crippen molar-refractivity contribution in [2.75, 3.05) is 39.1 Å². The standard InChI is InChI=1S/C22H22Cl2N4O3/c1-29-16-7-17(31-13-5-6-28(8-13)12-9-30-10-12)18(14-3-2-4-15(23)20(14)24)21-19(16)22(25)27-11-26-21/h2-4,7,11-13H,5-6,8-10H2,1H3,(H2,25,26,27)/t13-/m1/s1. The summed E-state index contributed by atoms with van der Waals surface area (Å²) in [4.78, 5) is 11.1. The highest BCUT2D eigenvalue weighted by Gasteiger charge is 2.34. The summed E-state index contributed by atoms with van der Waals surface area (Å²) in [7, 11) is 1.59. The lowest BCUT2D eigenvalue weighted by Crippen LogP contribution is -2.48. The number of ether oxygens (including phenoxy) is 3. The predicted octanol–water partition coefficient (Wildman–Crippen LogP) is 4.05. The first kappa shape index (κ1) is 20.6. The molecule has 0 spiro atoms. The molecule has 2 aliphatic heterocycles. The number of likely N-dealkylation sites (tertiary alicyclic amines) is 1. The number of nitrogen functional groups attached to an aromatic ring is 1. The molecule has 3 aromatic rings. The van der Waals surface area contributed by atoms with Gasteiger partial charge in [0.25, 0.3) is 0 Å². The van der Waals surface area contributed by atoms with Crippen LogP contribution < -0.4 is 15.2 Å². The molecule has 1 aromatic heterocycles. The van der Waals surface area contributed by atoms with Gasteiger partial charge in [-0.2, -0.15) is 0 Å². The molecule has 2 saturated heterocycles. The van der Waals surface area contributed by atoms with Crippen molar-refractivity contribution < 1.29 is 14.2 Å². The number of fused-ring (bicyclic) bond motifs is 1. The normalized spacial score (nSPS) is 19.5. The maximum Gasteiger partial charge on any atom is 0.138 e. The molecule has 2 aliphatic rings. The molecule has 2 aromatic carbocycles. The van der Waals surface area contributed by atoms with Crippen molar-refractivity contribution in [2.45, 2.75) is 18.6 Å². The molecule has 2 N–H and O–H groups in total. The second-order valence-corrected chi connectivity index (χ2v) is 8.54. The van der Waals surface area contributed by atoms with Crippen LogP contribution in [-0.2, 0) is 4.74 Å². The summed E-state index contributed by atoms with van der Waals surface area (Å²) in [6, 6.07) is 7.81. The summed E-state index contributed by atoms with van der Waals surface area (Å²) in [6.45, 7) is 3.39. The Labute approximate surface area is 190 Å². The van der Waals surface area contributed by atoms with Gasteiger partial charge in [-0.1, -0.05) is 35.3 Å². The number of anilines is 1. The van der Waals surface area contributed by atoms with Gasteiger partial charge in [0.2, 0.25) is 0 Å². The molecule has 3 heterocycles. The van der Waals surface area contributed by atoms with E-state index in [1.165, 1.54) is 6.33 Å². The Bertz CT molecular complexity index is 1140. The Morgan fingerprint density at radius 2 is 2.03 bits per heavy atom. The van der Waals surface area contributed by atoms with Crippen LogP contribution in [0.3, 0.4) is 0 Å². The maximum atomic E-state index is 6.61. The van der Waals surface area contributed by atoms with E-state index in [0.29, 0.717) is 44.3 Å². The third-order valence-electron chi connectivity index (χ3n) is 5.92. The minimum atomic E-state index is 0.0265. The fourth-order valence-corrected chi connectivity index (χ4v) is 4.61. The molecule has 7 nitrogen and oxygen atoms in total. The number of halogens is 2. The van der Waals surface area contributed by atoms with Crippen LogP contribution in [0.25, 0.3) is 22.0 Å². The third kappa shape index (κ3) is 3.65. The smallest absolute Gasteiger partial charge is 0.138 e. The van der Waals surface area contributed by atoms with Crippen molar-refractivity contribution in [1.82, 2.24) is 14.9 Å². The second-order valence-electron chi connectivity index (χ2n) is 7.75. The summed E-state index contributed by atoms with van der Waals surface area (Å²) in [5.41, 5.74) is 8.23. The average Bonchev–Trinajstić information content (AvgIpc) is 3.16. The Kier molecular flexibility index (Phi) is 5.52. The van der Waals surface area contributed by atoms with Gasteiger partial charge < -0.3 is 19.9 Å². The molecule has 0 saturated carbocycles. The van der Waals surface area contributed by atoms with E-state index < -0.39 is 0 Å². The Balaban J connectivity index is 1.63. The Hall–Kier alpha value is -2.32. The zero-order chi connectivity index (χ0) is 21.5. The van der Waals surface area contributed by atoms with Crippen LogP contribution in [0.15, 0.2) is 30.6 Å². The number of aromatic nitrogens is 2. The topological polar surface area (TPSA) is 82.7 Å². The largest absolute Gasteiger partial charge is 0.496 e. The average molecular weight is 461 g/mol. The van der Waals surface area contributed by atoms with E-state index >= 15 is 0 Å². The summed E-state index contributed by atoms with van der Waals surface area (Å²) in [5, 5.41) is 1.49. The number of nitrogens with two attached hydrogens (primary N) is 1. The van der Waals surface area contributed by atoms with Crippen molar-refractivity contribution >= 4 is 39.9 Å². The lowest BCUT2D eigenvalue weighted by molar-refractivity contribution is -0.0592. The molecule has 0 radical (unpaired) electrons. The SMILES string of the molecule is COc1cc(O[C@@H]2CCN(C3COC3)C2)c(-c2cccc(Cl)c2Cl)c2ncnc(N)c12. The van der Waals surface area contributed by atoms with Gasteiger partial charge in [0.15, 0.2) is 0 Å². The molecule has 31 heavy (non-hydrogen) atoms. The minimum absolute atomic E-state index is 0.0265. The number of nitrogens with zero attached hydrogens (tertiary/aromatic N) is 3. The van der Waals surface area contributed by atoms with Crippen molar-refractivity contribution in [3.8, 4) is 22.6 Å². The van der Waals surface area contributed by atoms with Crippen LogP contribution in [0.2, 0.25) is 10.0 Å². The number of hydrogen-bond donors (Lipinski definition) is 1. The number of hydrogen-bond acceptors (Lipinski definition) is 7.